The van der Waals surface area contributed by atoms with E-state index in [4.69, 9.17) is 4.55 Å². The molecule has 2 aromatic rings. The van der Waals surface area contributed by atoms with Crippen LogP contribution in [-0.4, -0.2) is 22.9 Å². The number of unbranched alkanes of at least 4 members (excludes halogenated alkanes) is 12. The number of hydrogen-bond acceptors (Lipinski definition) is 3. The number of H-pyrrole nitrogens is 1. The molecule has 0 aliphatic carbocycles. The summed E-state index contributed by atoms with van der Waals surface area (Å²) in [5.41, 5.74) is 2.33. The Labute approximate surface area is 170 Å². The summed E-state index contributed by atoms with van der Waals surface area (Å²) in [6.07, 6.45) is 18.1. The molecule has 158 valence electrons. The molecule has 1 aromatic carbocycles. The summed E-state index contributed by atoms with van der Waals surface area (Å²) in [6, 6.07) is 5.66. The Morgan fingerprint density at radius 2 is 1.39 bits per heavy atom. The summed E-state index contributed by atoms with van der Waals surface area (Å²) in [4.78, 5) is 6.75. The average Bonchev–Trinajstić information content (AvgIpc) is 3.11. The quantitative estimate of drug-likeness (QED) is 0.262. The molecule has 0 atom stereocenters. The third-order valence-corrected chi connectivity index (χ3v) is 6.05. The maximum Gasteiger partial charge on any atom is 0.328 e. The summed E-state index contributed by atoms with van der Waals surface area (Å²) >= 11 is 0. The molecule has 0 aliphatic rings. The van der Waals surface area contributed by atoms with Gasteiger partial charge in [-0.2, -0.15) is 8.42 Å². The van der Waals surface area contributed by atoms with Crippen LogP contribution in [0.1, 0.15) is 96.0 Å². The van der Waals surface area contributed by atoms with Crippen molar-refractivity contribution in [2.75, 3.05) is 0 Å². The normalized spacial score (nSPS) is 12.1. The van der Waals surface area contributed by atoms with Gasteiger partial charge in [-0.15, -0.1) is 0 Å². The molecule has 0 fully saturated rings. The van der Waals surface area contributed by atoms with E-state index in [1.165, 1.54) is 77.0 Å². The Kier molecular flexibility index (Phi) is 9.99. The van der Waals surface area contributed by atoms with Gasteiger partial charge in [0.1, 0.15) is 0 Å². The molecule has 6 heteroatoms. The van der Waals surface area contributed by atoms with E-state index in [0.717, 1.165) is 18.4 Å². The van der Waals surface area contributed by atoms with Crippen molar-refractivity contribution in [3.8, 4) is 0 Å². The fourth-order valence-corrected chi connectivity index (χ4v) is 4.17. The fourth-order valence-electron chi connectivity index (χ4n) is 3.73. The van der Waals surface area contributed by atoms with Crippen LogP contribution in [0.15, 0.2) is 23.4 Å². The largest absolute Gasteiger partial charge is 0.328 e. The minimum absolute atomic E-state index is 0.375. The van der Waals surface area contributed by atoms with Gasteiger partial charge in [0.25, 0.3) is 5.16 Å². The molecule has 0 unspecified atom stereocenters. The van der Waals surface area contributed by atoms with Crippen molar-refractivity contribution in [1.82, 2.24) is 9.97 Å². The first-order chi connectivity index (χ1) is 13.5. The summed E-state index contributed by atoms with van der Waals surface area (Å²) in [5, 5.41) is -0.375. The van der Waals surface area contributed by atoms with Gasteiger partial charge >= 0.3 is 10.1 Å². The Morgan fingerprint density at radius 3 is 1.93 bits per heavy atom. The minimum atomic E-state index is -4.30. The van der Waals surface area contributed by atoms with Gasteiger partial charge in [0, 0.05) is 0 Å². The van der Waals surface area contributed by atoms with Gasteiger partial charge in [0.2, 0.25) is 0 Å². The second-order valence-corrected chi connectivity index (χ2v) is 9.16. The monoisotopic (exact) mass is 408 g/mol. The van der Waals surface area contributed by atoms with E-state index in [1.807, 2.05) is 12.1 Å². The lowest BCUT2D eigenvalue weighted by Crippen LogP contribution is -1.99. The molecule has 0 saturated heterocycles. The number of aromatic amines is 1. The van der Waals surface area contributed by atoms with E-state index in [2.05, 4.69) is 16.9 Å². The molecule has 0 spiro atoms. The first-order valence-corrected chi connectivity index (χ1v) is 12.4. The Bertz CT molecular complexity index is 799. The highest BCUT2D eigenvalue weighted by Crippen LogP contribution is 2.21. The SMILES string of the molecule is CCCCCCCCCCCCCCCc1cccc2[nH]c(S(=O)(=O)O)nc12. The van der Waals surface area contributed by atoms with Crippen LogP contribution < -0.4 is 0 Å². The molecule has 2 N–H and O–H groups in total. The molecular weight excluding hydrogens is 372 g/mol. The zero-order chi connectivity index (χ0) is 20.2. The van der Waals surface area contributed by atoms with Crippen molar-refractivity contribution >= 4 is 21.2 Å². The van der Waals surface area contributed by atoms with E-state index >= 15 is 0 Å². The predicted molar refractivity (Wildman–Crippen MR) is 115 cm³/mol. The first-order valence-electron chi connectivity index (χ1n) is 11.0. The Balaban J connectivity index is 1.58. The van der Waals surface area contributed by atoms with Gasteiger partial charge in [-0.3, -0.25) is 4.55 Å². The second-order valence-electron chi connectivity index (χ2n) is 7.82. The van der Waals surface area contributed by atoms with Crippen LogP contribution in [0.4, 0.5) is 0 Å². The molecule has 28 heavy (non-hydrogen) atoms. The van der Waals surface area contributed by atoms with Crippen LogP contribution >= 0.6 is 0 Å². The number of rotatable bonds is 15. The fraction of sp³-hybridized carbons (Fsp3) is 0.682. The van der Waals surface area contributed by atoms with E-state index in [-0.39, 0.29) is 5.16 Å². The molecule has 2 rings (SSSR count). The lowest BCUT2D eigenvalue weighted by Gasteiger charge is -2.04. The smallest absolute Gasteiger partial charge is 0.327 e. The van der Waals surface area contributed by atoms with Gasteiger partial charge in [-0.1, -0.05) is 96.1 Å². The number of para-hydroxylation sites is 1. The van der Waals surface area contributed by atoms with E-state index in [9.17, 15) is 8.42 Å². The number of benzene rings is 1. The van der Waals surface area contributed by atoms with Crippen LogP contribution in [0, 0.1) is 0 Å². The second kappa shape index (κ2) is 12.2. The Hall–Kier alpha value is -1.40. The maximum absolute atomic E-state index is 11.3. The van der Waals surface area contributed by atoms with Gasteiger partial charge in [0.15, 0.2) is 0 Å². The van der Waals surface area contributed by atoms with Gasteiger partial charge in [0.05, 0.1) is 11.0 Å². The lowest BCUT2D eigenvalue weighted by atomic mass is 10.0. The van der Waals surface area contributed by atoms with Crippen molar-refractivity contribution < 1.29 is 13.0 Å². The number of nitrogens with one attached hydrogen (secondary N) is 1. The van der Waals surface area contributed by atoms with Gasteiger partial charge < -0.3 is 4.98 Å². The topological polar surface area (TPSA) is 83.0 Å². The van der Waals surface area contributed by atoms with E-state index in [1.54, 1.807) is 6.07 Å². The van der Waals surface area contributed by atoms with Crippen molar-refractivity contribution in [1.29, 1.82) is 0 Å². The highest BCUT2D eigenvalue weighted by Gasteiger charge is 2.16. The highest BCUT2D eigenvalue weighted by atomic mass is 32.2. The van der Waals surface area contributed by atoms with Crippen LogP contribution in [0.25, 0.3) is 11.0 Å². The zero-order valence-corrected chi connectivity index (χ0v) is 18.1. The summed E-state index contributed by atoms with van der Waals surface area (Å²) in [7, 11) is -4.30. The molecule has 0 saturated carbocycles. The van der Waals surface area contributed by atoms with Crippen LogP contribution in [0.3, 0.4) is 0 Å². The molecule has 0 radical (unpaired) electrons. The summed E-state index contributed by atoms with van der Waals surface area (Å²) < 4.78 is 31.7. The van der Waals surface area contributed by atoms with Crippen LogP contribution in [0.2, 0.25) is 0 Å². The third kappa shape index (κ3) is 7.92. The molecular formula is C22H36N2O3S. The molecule has 1 aromatic heterocycles. The third-order valence-electron chi connectivity index (χ3n) is 5.37. The van der Waals surface area contributed by atoms with Crippen molar-refractivity contribution in [3.63, 3.8) is 0 Å². The summed E-state index contributed by atoms with van der Waals surface area (Å²) in [6.45, 7) is 2.26. The summed E-state index contributed by atoms with van der Waals surface area (Å²) in [5.74, 6) is 0. The number of aromatic nitrogens is 2. The first kappa shape index (κ1) is 22.9. The van der Waals surface area contributed by atoms with Crippen molar-refractivity contribution in [2.45, 2.75) is 102 Å². The lowest BCUT2D eigenvalue weighted by molar-refractivity contribution is 0.476. The van der Waals surface area contributed by atoms with Gasteiger partial charge in [-0.05, 0) is 24.5 Å². The van der Waals surface area contributed by atoms with Crippen molar-refractivity contribution in [3.05, 3.63) is 23.8 Å². The molecule has 1 heterocycles. The number of imidazole rings is 1. The van der Waals surface area contributed by atoms with E-state index in [0.29, 0.717) is 11.0 Å². The standard InChI is InChI=1S/C22H36N2O3S/c1-2-3-4-5-6-7-8-9-10-11-12-13-14-16-19-17-15-18-20-21(19)24-22(23-20)28(25,26)27/h15,17-18H,2-14,16H2,1H3,(H,23,24)(H,25,26,27). The predicted octanol–water partition coefficient (Wildman–Crippen LogP) is 6.44. The molecule has 0 bridgehead atoms. The zero-order valence-electron chi connectivity index (χ0n) is 17.3. The van der Waals surface area contributed by atoms with Crippen molar-refractivity contribution in [2.24, 2.45) is 0 Å². The Morgan fingerprint density at radius 1 is 0.857 bits per heavy atom. The number of aryl methyl sites for hydroxylation is 1. The highest BCUT2D eigenvalue weighted by molar-refractivity contribution is 7.85. The average molecular weight is 409 g/mol. The molecule has 0 amide bonds. The number of nitrogens with zero attached hydrogens (tertiary/aromatic N) is 1. The van der Waals surface area contributed by atoms with Gasteiger partial charge in [-0.25, -0.2) is 4.98 Å². The van der Waals surface area contributed by atoms with E-state index < -0.39 is 10.1 Å². The number of fused-ring (bicyclic) bond motifs is 1. The molecule has 5 nitrogen and oxygen atoms in total. The number of hydrogen-bond donors (Lipinski definition) is 2. The maximum atomic E-state index is 11.3. The minimum Gasteiger partial charge on any atom is -0.327 e. The molecule has 0 aliphatic heterocycles. The van der Waals surface area contributed by atoms with Crippen LogP contribution in [-0.2, 0) is 16.5 Å². The van der Waals surface area contributed by atoms with Crippen LogP contribution in [0.5, 0.6) is 0 Å².